The Morgan fingerprint density at radius 1 is 1.07 bits per heavy atom. The maximum atomic E-state index is 12.3. The lowest BCUT2D eigenvalue weighted by molar-refractivity contribution is -0.131. The Morgan fingerprint density at radius 2 is 1.68 bits per heavy atom. The van der Waals surface area contributed by atoms with E-state index < -0.39 is 0 Å². The SMILES string of the molecule is CCNC(=NCc1ccc(C(=O)OCC)cc1)N(C)CC(=O)N(CC)CC.I. The zero-order valence-corrected chi connectivity index (χ0v) is 19.9. The van der Waals surface area contributed by atoms with Gasteiger partial charge in [-0.2, -0.15) is 0 Å². The van der Waals surface area contributed by atoms with Crippen LogP contribution < -0.4 is 5.32 Å². The Balaban J connectivity index is 0.00000729. The smallest absolute Gasteiger partial charge is 0.338 e. The molecule has 1 N–H and O–H groups in total. The summed E-state index contributed by atoms with van der Waals surface area (Å²) in [6.45, 7) is 10.9. The highest BCUT2D eigenvalue weighted by Crippen LogP contribution is 2.07. The van der Waals surface area contributed by atoms with Crippen LogP contribution in [-0.4, -0.2) is 67.5 Å². The van der Waals surface area contributed by atoms with Crippen molar-refractivity contribution in [2.75, 3.05) is 39.8 Å². The number of amides is 1. The number of likely N-dealkylation sites (N-methyl/N-ethyl adjacent to an activating group) is 2. The van der Waals surface area contributed by atoms with Gasteiger partial charge in [-0.25, -0.2) is 9.79 Å². The van der Waals surface area contributed by atoms with E-state index in [2.05, 4.69) is 10.3 Å². The molecular formula is C20H33IN4O3. The summed E-state index contributed by atoms with van der Waals surface area (Å²) in [6.07, 6.45) is 0. The third-order valence-electron chi connectivity index (χ3n) is 4.06. The first-order valence-corrected chi connectivity index (χ1v) is 9.49. The number of halogens is 1. The van der Waals surface area contributed by atoms with E-state index in [0.29, 0.717) is 44.3 Å². The Hall–Kier alpha value is -1.84. The van der Waals surface area contributed by atoms with Crippen molar-refractivity contribution in [2.24, 2.45) is 4.99 Å². The maximum Gasteiger partial charge on any atom is 0.338 e. The molecule has 0 saturated heterocycles. The molecule has 1 aromatic carbocycles. The molecule has 0 heterocycles. The highest BCUT2D eigenvalue weighted by molar-refractivity contribution is 14.0. The normalized spacial score (nSPS) is 10.7. The molecule has 1 amide bonds. The topological polar surface area (TPSA) is 74.2 Å². The van der Waals surface area contributed by atoms with E-state index in [9.17, 15) is 9.59 Å². The second-order valence-corrected chi connectivity index (χ2v) is 6.01. The molecule has 7 nitrogen and oxygen atoms in total. The lowest BCUT2D eigenvalue weighted by atomic mass is 10.1. The summed E-state index contributed by atoms with van der Waals surface area (Å²) in [4.78, 5) is 32.2. The minimum atomic E-state index is -0.324. The van der Waals surface area contributed by atoms with Crippen LogP contribution >= 0.6 is 24.0 Å². The van der Waals surface area contributed by atoms with Gasteiger partial charge in [0.25, 0.3) is 0 Å². The summed E-state index contributed by atoms with van der Waals surface area (Å²) in [5.74, 6) is 0.426. The zero-order valence-electron chi connectivity index (χ0n) is 17.5. The first-order chi connectivity index (χ1) is 13.0. The highest BCUT2D eigenvalue weighted by atomic mass is 127. The minimum absolute atomic E-state index is 0. The molecule has 0 aromatic heterocycles. The molecule has 0 aliphatic heterocycles. The van der Waals surface area contributed by atoms with Crippen LogP contribution in [0.3, 0.4) is 0 Å². The Bertz CT molecular complexity index is 631. The van der Waals surface area contributed by atoms with E-state index in [0.717, 1.165) is 5.56 Å². The van der Waals surface area contributed by atoms with Gasteiger partial charge in [-0.1, -0.05) is 12.1 Å². The standard InChI is InChI=1S/C20H32N4O3.HI/c1-6-21-20(23(5)15-18(25)24(7-2)8-3)22-14-16-10-12-17(13-11-16)19(26)27-9-4;/h10-13H,6-9,14-15H2,1-5H3,(H,21,22);1H. The molecule has 0 radical (unpaired) electrons. The number of rotatable bonds is 9. The number of hydrogen-bond acceptors (Lipinski definition) is 4. The van der Waals surface area contributed by atoms with E-state index in [-0.39, 0.29) is 42.4 Å². The summed E-state index contributed by atoms with van der Waals surface area (Å²) < 4.78 is 4.99. The van der Waals surface area contributed by atoms with E-state index in [1.807, 2.05) is 44.9 Å². The number of aliphatic imine (C=N–C) groups is 1. The molecule has 0 aliphatic rings. The van der Waals surface area contributed by atoms with Gasteiger partial charge in [0.15, 0.2) is 5.96 Å². The summed E-state index contributed by atoms with van der Waals surface area (Å²) in [7, 11) is 1.85. The van der Waals surface area contributed by atoms with Gasteiger partial charge in [0.2, 0.25) is 5.91 Å². The minimum Gasteiger partial charge on any atom is -0.462 e. The summed E-state index contributed by atoms with van der Waals surface area (Å²) in [6, 6.07) is 7.20. The van der Waals surface area contributed by atoms with Gasteiger partial charge < -0.3 is 19.9 Å². The number of carbonyl (C=O) groups is 2. The molecule has 0 saturated carbocycles. The molecule has 0 atom stereocenters. The number of carbonyl (C=O) groups excluding carboxylic acids is 2. The fourth-order valence-electron chi connectivity index (χ4n) is 2.55. The molecule has 0 bridgehead atoms. The predicted octanol–water partition coefficient (Wildman–Crippen LogP) is 2.75. The molecule has 0 spiro atoms. The third kappa shape index (κ3) is 8.45. The fourth-order valence-corrected chi connectivity index (χ4v) is 2.55. The fraction of sp³-hybridized carbons (Fsp3) is 0.550. The Labute approximate surface area is 185 Å². The van der Waals surface area contributed by atoms with E-state index in [1.165, 1.54) is 0 Å². The molecule has 28 heavy (non-hydrogen) atoms. The lowest BCUT2D eigenvalue weighted by Crippen LogP contribution is -2.45. The maximum absolute atomic E-state index is 12.3. The van der Waals surface area contributed by atoms with Crippen LogP contribution in [0.1, 0.15) is 43.6 Å². The second kappa shape index (κ2) is 14.2. The van der Waals surface area contributed by atoms with Crippen molar-refractivity contribution in [1.82, 2.24) is 15.1 Å². The van der Waals surface area contributed by atoms with E-state index in [1.54, 1.807) is 24.0 Å². The van der Waals surface area contributed by atoms with Crippen LogP contribution in [0.4, 0.5) is 0 Å². The van der Waals surface area contributed by atoms with E-state index >= 15 is 0 Å². The number of hydrogen-bond donors (Lipinski definition) is 1. The lowest BCUT2D eigenvalue weighted by Gasteiger charge is -2.25. The Morgan fingerprint density at radius 3 is 2.18 bits per heavy atom. The van der Waals surface area contributed by atoms with Gasteiger partial charge in [0.1, 0.15) is 0 Å². The third-order valence-corrected chi connectivity index (χ3v) is 4.06. The van der Waals surface area contributed by atoms with Crippen molar-refractivity contribution in [2.45, 2.75) is 34.2 Å². The summed E-state index contributed by atoms with van der Waals surface area (Å²) in [5.41, 5.74) is 1.50. The monoisotopic (exact) mass is 504 g/mol. The predicted molar refractivity (Wildman–Crippen MR) is 123 cm³/mol. The first kappa shape index (κ1) is 26.2. The number of nitrogens with zero attached hydrogens (tertiary/aromatic N) is 3. The van der Waals surface area contributed by atoms with Crippen molar-refractivity contribution in [1.29, 1.82) is 0 Å². The molecule has 8 heteroatoms. The van der Waals surface area contributed by atoms with Crippen molar-refractivity contribution >= 4 is 41.8 Å². The molecule has 1 aromatic rings. The summed E-state index contributed by atoms with van der Waals surface area (Å²) in [5, 5.41) is 3.21. The van der Waals surface area contributed by atoms with Gasteiger partial charge >= 0.3 is 5.97 Å². The van der Waals surface area contributed by atoms with Crippen LogP contribution in [0.2, 0.25) is 0 Å². The molecule has 0 unspecified atom stereocenters. The van der Waals surface area contributed by atoms with Crippen molar-refractivity contribution in [3.63, 3.8) is 0 Å². The number of nitrogens with one attached hydrogen (secondary N) is 1. The van der Waals surface area contributed by atoms with Crippen LogP contribution in [0, 0.1) is 0 Å². The van der Waals surface area contributed by atoms with Gasteiger partial charge in [-0.05, 0) is 45.4 Å². The van der Waals surface area contributed by atoms with Gasteiger partial charge in [0, 0.05) is 26.7 Å². The number of esters is 1. The molecule has 0 fully saturated rings. The van der Waals surface area contributed by atoms with Gasteiger partial charge in [0.05, 0.1) is 25.3 Å². The quantitative estimate of drug-likeness (QED) is 0.242. The zero-order chi connectivity index (χ0) is 20.2. The highest BCUT2D eigenvalue weighted by Gasteiger charge is 2.15. The number of ether oxygens (including phenoxy) is 1. The molecule has 158 valence electrons. The van der Waals surface area contributed by atoms with Crippen LogP contribution in [0.5, 0.6) is 0 Å². The average Bonchev–Trinajstić information content (AvgIpc) is 2.66. The van der Waals surface area contributed by atoms with E-state index in [4.69, 9.17) is 4.74 Å². The van der Waals surface area contributed by atoms with Crippen molar-refractivity contribution < 1.29 is 14.3 Å². The van der Waals surface area contributed by atoms with Crippen LogP contribution in [-0.2, 0) is 16.1 Å². The Kier molecular flexibility index (Phi) is 13.3. The van der Waals surface area contributed by atoms with Gasteiger partial charge in [-0.15, -0.1) is 24.0 Å². The van der Waals surface area contributed by atoms with Crippen LogP contribution in [0.15, 0.2) is 29.3 Å². The summed E-state index contributed by atoms with van der Waals surface area (Å²) >= 11 is 0. The largest absolute Gasteiger partial charge is 0.462 e. The number of benzene rings is 1. The number of guanidine groups is 1. The molecular weight excluding hydrogens is 471 g/mol. The first-order valence-electron chi connectivity index (χ1n) is 9.49. The molecule has 0 aliphatic carbocycles. The average molecular weight is 504 g/mol. The van der Waals surface area contributed by atoms with Crippen LogP contribution in [0.25, 0.3) is 0 Å². The van der Waals surface area contributed by atoms with Crippen molar-refractivity contribution in [3.05, 3.63) is 35.4 Å². The van der Waals surface area contributed by atoms with Gasteiger partial charge in [-0.3, -0.25) is 4.79 Å². The second-order valence-electron chi connectivity index (χ2n) is 6.01. The van der Waals surface area contributed by atoms with Crippen molar-refractivity contribution in [3.8, 4) is 0 Å². The molecule has 1 rings (SSSR count).